The zero-order valence-corrected chi connectivity index (χ0v) is 18.1. The molecule has 3 nitrogen and oxygen atoms in total. The second kappa shape index (κ2) is 6.37. The van der Waals surface area contributed by atoms with Crippen molar-refractivity contribution in [2.24, 2.45) is 0 Å². The molecule has 0 aliphatic carbocycles. The molecule has 0 unspecified atom stereocenters. The first-order valence-corrected chi connectivity index (χ1v) is 16.7. The number of anilines is 1. The molecule has 0 atom stereocenters. The van der Waals surface area contributed by atoms with Gasteiger partial charge in [0.2, 0.25) is 0 Å². The molecule has 120 valence electrons. The van der Waals surface area contributed by atoms with Crippen LogP contribution in [0.2, 0.25) is 45.8 Å². The van der Waals surface area contributed by atoms with Crippen molar-refractivity contribution in [3.05, 3.63) is 24.3 Å². The molecule has 0 spiro atoms. The fourth-order valence-electron chi connectivity index (χ4n) is 3.01. The molecule has 0 heterocycles. The van der Waals surface area contributed by atoms with Gasteiger partial charge in [0.1, 0.15) is 16.5 Å². The summed E-state index contributed by atoms with van der Waals surface area (Å²) in [5.41, 5.74) is 1.35. The van der Waals surface area contributed by atoms with E-state index in [1.54, 1.807) is 14.2 Å². The Bertz CT molecular complexity index is 445. The van der Waals surface area contributed by atoms with Crippen molar-refractivity contribution >= 4 is 35.9 Å². The third kappa shape index (κ3) is 4.29. The van der Waals surface area contributed by atoms with Crippen LogP contribution in [0.15, 0.2) is 24.3 Å². The first kappa shape index (κ1) is 18.6. The molecular formula is C15H31NO2Si3. The molecule has 0 amide bonds. The second-order valence-corrected chi connectivity index (χ2v) is 20.9. The predicted octanol–water partition coefficient (Wildman–Crippen LogP) is 3.73. The van der Waals surface area contributed by atoms with Crippen molar-refractivity contribution in [1.29, 1.82) is 0 Å². The van der Waals surface area contributed by atoms with E-state index in [0.717, 1.165) is 0 Å². The summed E-state index contributed by atoms with van der Waals surface area (Å²) in [6.07, 6.45) is 0. The minimum Gasteiger partial charge on any atom is -0.425 e. The molecule has 1 aromatic rings. The van der Waals surface area contributed by atoms with Gasteiger partial charge in [0.25, 0.3) is 0 Å². The Morgan fingerprint density at radius 3 is 1.38 bits per heavy atom. The topological polar surface area (TPSA) is 21.7 Å². The summed E-state index contributed by atoms with van der Waals surface area (Å²) in [6, 6.07) is 8.86. The molecule has 0 saturated heterocycles. The lowest BCUT2D eigenvalue weighted by atomic mass is 10.3. The number of benzene rings is 1. The first-order valence-electron chi connectivity index (χ1n) is 7.47. The zero-order chi connectivity index (χ0) is 16.5. The second-order valence-electron chi connectivity index (χ2n) is 7.58. The van der Waals surface area contributed by atoms with E-state index in [2.05, 4.69) is 74.3 Å². The van der Waals surface area contributed by atoms with Crippen LogP contribution < -0.4 is 9.42 Å². The van der Waals surface area contributed by atoms with Crippen LogP contribution in [0.1, 0.15) is 0 Å². The molecule has 21 heavy (non-hydrogen) atoms. The highest BCUT2D eigenvalue weighted by Crippen LogP contribution is 2.27. The van der Waals surface area contributed by atoms with Gasteiger partial charge in [-0.15, -0.1) is 0 Å². The Morgan fingerprint density at radius 2 is 1.10 bits per heavy atom. The highest BCUT2D eigenvalue weighted by molar-refractivity contribution is 6.99. The maximum Gasteiger partial charge on any atom is 0.368 e. The molecule has 0 radical (unpaired) electrons. The molecule has 0 bridgehead atoms. The molecule has 1 aromatic carbocycles. The van der Waals surface area contributed by atoms with Gasteiger partial charge in [-0.1, -0.05) is 51.4 Å². The van der Waals surface area contributed by atoms with Gasteiger partial charge in [-0.2, -0.15) is 0 Å². The fraction of sp³-hybridized carbons (Fsp3) is 0.600. The van der Waals surface area contributed by atoms with Crippen molar-refractivity contribution in [3.8, 4) is 0 Å². The van der Waals surface area contributed by atoms with Crippen LogP contribution in [0.5, 0.6) is 0 Å². The summed E-state index contributed by atoms with van der Waals surface area (Å²) in [7, 11) is -1.54. The first-order chi connectivity index (χ1) is 9.45. The van der Waals surface area contributed by atoms with Gasteiger partial charge in [0, 0.05) is 19.9 Å². The third-order valence-corrected chi connectivity index (χ3v) is 13.9. The van der Waals surface area contributed by atoms with Crippen LogP contribution >= 0.6 is 0 Å². The summed E-state index contributed by atoms with van der Waals surface area (Å²) >= 11 is 0. The average Bonchev–Trinajstić information content (AvgIpc) is 2.35. The molecule has 0 N–H and O–H groups in total. The summed E-state index contributed by atoms with van der Waals surface area (Å²) in [6.45, 7) is 16.6. The van der Waals surface area contributed by atoms with Crippen molar-refractivity contribution < 1.29 is 8.85 Å². The SMILES string of the molecule is CO[Si](C)(OC)c1ccc(N([Si](C)(C)C)[Si](C)(C)C)cc1. The Labute approximate surface area is 133 Å². The lowest BCUT2D eigenvalue weighted by Crippen LogP contribution is -2.59. The van der Waals surface area contributed by atoms with Crippen LogP contribution in [-0.2, 0) is 8.85 Å². The lowest BCUT2D eigenvalue weighted by Gasteiger charge is -2.46. The van der Waals surface area contributed by atoms with E-state index in [4.69, 9.17) is 8.85 Å². The summed E-state index contributed by atoms with van der Waals surface area (Å²) < 4.78 is 14.0. The predicted molar refractivity (Wildman–Crippen MR) is 101 cm³/mol. The molecule has 0 aliphatic rings. The van der Waals surface area contributed by atoms with E-state index < -0.39 is 25.0 Å². The molecule has 0 fully saturated rings. The van der Waals surface area contributed by atoms with Gasteiger partial charge in [0.15, 0.2) is 0 Å². The minimum absolute atomic E-state index is 1.18. The quantitative estimate of drug-likeness (QED) is 0.736. The van der Waals surface area contributed by atoms with E-state index >= 15 is 0 Å². The molecular weight excluding hydrogens is 310 g/mol. The van der Waals surface area contributed by atoms with Crippen molar-refractivity contribution in [2.75, 3.05) is 18.5 Å². The molecule has 6 heteroatoms. The van der Waals surface area contributed by atoms with E-state index in [0.29, 0.717) is 0 Å². The van der Waals surface area contributed by atoms with Crippen LogP contribution in [0, 0.1) is 0 Å². The van der Waals surface area contributed by atoms with Gasteiger partial charge < -0.3 is 13.1 Å². The standard InChI is InChI=1S/C15H31NO2Si3/c1-17-21(9,18-2)15-12-10-14(11-13-15)16(19(3,4)5)20(6,7)8/h10-13H,1-9H3. The number of hydrogen-bond acceptors (Lipinski definition) is 3. The zero-order valence-electron chi connectivity index (χ0n) is 15.1. The minimum atomic E-state index is -2.22. The van der Waals surface area contributed by atoms with Gasteiger partial charge >= 0.3 is 8.56 Å². The van der Waals surface area contributed by atoms with Crippen LogP contribution in [0.25, 0.3) is 0 Å². The van der Waals surface area contributed by atoms with Crippen molar-refractivity contribution in [1.82, 2.24) is 0 Å². The highest BCUT2D eigenvalue weighted by Gasteiger charge is 2.36. The maximum absolute atomic E-state index is 5.63. The van der Waals surface area contributed by atoms with E-state index in [-0.39, 0.29) is 0 Å². The van der Waals surface area contributed by atoms with E-state index in [1.165, 1.54) is 10.9 Å². The normalized spacial score (nSPS) is 13.4. The number of hydrogen-bond donors (Lipinski definition) is 0. The number of nitrogens with zero attached hydrogens (tertiary/aromatic N) is 1. The maximum atomic E-state index is 5.63. The average molecular weight is 342 g/mol. The molecule has 0 aliphatic heterocycles. The smallest absolute Gasteiger partial charge is 0.368 e. The summed E-state index contributed by atoms with van der Waals surface area (Å²) in [5, 5.41) is 1.18. The van der Waals surface area contributed by atoms with Crippen LogP contribution in [-0.4, -0.2) is 39.3 Å². The summed E-state index contributed by atoms with van der Waals surface area (Å²) in [5.74, 6) is 0. The lowest BCUT2D eigenvalue weighted by molar-refractivity contribution is 0.265. The van der Waals surface area contributed by atoms with Gasteiger partial charge in [0.05, 0.1) is 0 Å². The monoisotopic (exact) mass is 341 g/mol. The van der Waals surface area contributed by atoms with Crippen LogP contribution in [0.3, 0.4) is 0 Å². The molecule has 0 saturated carbocycles. The van der Waals surface area contributed by atoms with E-state index in [1.807, 2.05) is 0 Å². The Kier molecular flexibility index (Phi) is 5.66. The van der Waals surface area contributed by atoms with Crippen LogP contribution in [0.4, 0.5) is 5.69 Å². The van der Waals surface area contributed by atoms with E-state index in [9.17, 15) is 0 Å². The fourth-order valence-corrected chi connectivity index (χ4v) is 14.3. The Hall–Kier alpha value is -0.409. The van der Waals surface area contributed by atoms with Crippen molar-refractivity contribution in [2.45, 2.75) is 45.8 Å². The number of rotatable bonds is 6. The van der Waals surface area contributed by atoms with Gasteiger partial charge in [-0.3, -0.25) is 0 Å². The molecule has 1 rings (SSSR count). The highest BCUT2D eigenvalue weighted by atomic mass is 28.4. The third-order valence-electron chi connectivity index (χ3n) is 3.77. The van der Waals surface area contributed by atoms with Gasteiger partial charge in [-0.25, -0.2) is 0 Å². The van der Waals surface area contributed by atoms with Crippen molar-refractivity contribution in [3.63, 3.8) is 0 Å². The van der Waals surface area contributed by atoms with Gasteiger partial charge in [-0.05, 0) is 23.9 Å². The Balaban J connectivity index is 3.22. The largest absolute Gasteiger partial charge is 0.425 e. The molecule has 0 aromatic heterocycles. The Morgan fingerprint density at radius 1 is 0.714 bits per heavy atom. The summed E-state index contributed by atoms with van der Waals surface area (Å²) in [4.78, 5) is 0.